The Morgan fingerprint density at radius 1 is 1.44 bits per heavy atom. The second-order valence-electron chi connectivity index (χ2n) is 5.39. The fraction of sp³-hybridized carbons (Fsp3) is 0.250. The number of nitrogens with two attached hydrogens (primary N) is 1. The van der Waals surface area contributed by atoms with Crippen molar-refractivity contribution in [3.8, 4) is 11.8 Å². The molecule has 1 amide bonds. The van der Waals surface area contributed by atoms with Crippen molar-refractivity contribution in [1.29, 1.82) is 5.26 Å². The van der Waals surface area contributed by atoms with Crippen LogP contribution in [0.2, 0.25) is 0 Å². The zero-order chi connectivity index (χ0) is 20.2. The number of nitrogens with one attached hydrogen (secondary N) is 1. The maximum Gasteiger partial charge on any atom is 0.391 e. The zero-order valence-corrected chi connectivity index (χ0v) is 13.9. The van der Waals surface area contributed by atoms with E-state index in [2.05, 4.69) is 9.84 Å². The molecule has 1 aromatic heterocycles. The quantitative estimate of drug-likeness (QED) is 0.758. The number of carbonyl (C=O) groups excluding carboxylic acids is 2. The molecule has 0 spiro atoms. The lowest BCUT2D eigenvalue weighted by Crippen LogP contribution is -2.44. The average Bonchev–Trinajstić information content (AvgIpc) is 3.00. The van der Waals surface area contributed by atoms with Crippen molar-refractivity contribution >= 4 is 17.7 Å². The van der Waals surface area contributed by atoms with Crippen LogP contribution in [0.25, 0.3) is 5.69 Å². The van der Waals surface area contributed by atoms with E-state index in [1.165, 1.54) is 35.1 Å². The minimum Gasteiger partial charge on any atom is -0.467 e. The lowest BCUT2D eigenvalue weighted by Gasteiger charge is -2.18. The Hall–Kier alpha value is -3.55. The smallest absolute Gasteiger partial charge is 0.391 e. The van der Waals surface area contributed by atoms with E-state index in [-0.39, 0.29) is 16.9 Å². The Bertz CT molecular complexity index is 901. The number of nitrogen functional groups attached to an aromatic ring is 1. The van der Waals surface area contributed by atoms with Gasteiger partial charge in [0.15, 0.2) is 0 Å². The predicted molar refractivity (Wildman–Crippen MR) is 86.6 cm³/mol. The van der Waals surface area contributed by atoms with Gasteiger partial charge in [0.2, 0.25) is 0 Å². The number of rotatable bonds is 5. The first-order valence-electron chi connectivity index (χ1n) is 7.45. The first-order chi connectivity index (χ1) is 12.7. The van der Waals surface area contributed by atoms with Crippen LogP contribution in [0.1, 0.15) is 22.3 Å². The topological polar surface area (TPSA) is 123 Å². The standard InChI is InChI=1S/C16H14F3N5O3/c1-27-15(26)12(6-16(17,18)19)23-14(25)9-3-2-4-11(5-9)24-13(21)10(7-20)8-22-24/h2-5,8,12H,6,21H2,1H3,(H,23,25). The number of anilines is 1. The highest BCUT2D eigenvalue weighted by Gasteiger charge is 2.37. The normalized spacial score (nSPS) is 12.1. The second kappa shape index (κ2) is 7.77. The minimum absolute atomic E-state index is 0.0306. The van der Waals surface area contributed by atoms with Gasteiger partial charge in [0.1, 0.15) is 23.5 Å². The molecule has 1 heterocycles. The molecule has 8 nitrogen and oxygen atoms in total. The number of ether oxygens (including phenoxy) is 1. The summed E-state index contributed by atoms with van der Waals surface area (Å²) in [6, 6.07) is 5.60. The summed E-state index contributed by atoms with van der Waals surface area (Å²) >= 11 is 0. The van der Waals surface area contributed by atoms with Gasteiger partial charge in [-0.3, -0.25) is 4.79 Å². The molecule has 0 aliphatic rings. The van der Waals surface area contributed by atoms with Crippen LogP contribution in [-0.2, 0) is 9.53 Å². The molecule has 142 valence electrons. The highest BCUT2D eigenvalue weighted by molar-refractivity contribution is 5.97. The van der Waals surface area contributed by atoms with E-state index in [0.29, 0.717) is 5.69 Å². The molecular formula is C16H14F3N5O3. The SMILES string of the molecule is COC(=O)C(CC(F)(F)F)NC(=O)c1cccc(-n2ncc(C#N)c2N)c1. The van der Waals surface area contributed by atoms with E-state index in [1.807, 2.05) is 11.4 Å². The van der Waals surface area contributed by atoms with Crippen molar-refractivity contribution in [3.05, 3.63) is 41.6 Å². The molecule has 11 heteroatoms. The molecule has 1 atom stereocenters. The van der Waals surface area contributed by atoms with E-state index in [0.717, 1.165) is 7.11 Å². The molecule has 2 rings (SSSR count). The van der Waals surface area contributed by atoms with Crippen LogP contribution in [0, 0.1) is 11.3 Å². The van der Waals surface area contributed by atoms with Gasteiger partial charge in [0.05, 0.1) is 25.4 Å². The minimum atomic E-state index is -4.68. The summed E-state index contributed by atoms with van der Waals surface area (Å²) in [5, 5.41) is 14.8. The lowest BCUT2D eigenvalue weighted by atomic mass is 10.1. The van der Waals surface area contributed by atoms with Gasteiger partial charge in [-0.05, 0) is 18.2 Å². The number of alkyl halides is 3. The van der Waals surface area contributed by atoms with Crippen LogP contribution in [-0.4, -0.2) is 41.0 Å². The van der Waals surface area contributed by atoms with E-state index < -0.39 is 30.5 Å². The third kappa shape index (κ3) is 4.75. The number of halogens is 3. The molecule has 1 unspecified atom stereocenters. The molecule has 0 aliphatic carbocycles. The molecule has 27 heavy (non-hydrogen) atoms. The Morgan fingerprint density at radius 2 is 2.15 bits per heavy atom. The number of hydrogen-bond acceptors (Lipinski definition) is 6. The number of amides is 1. The summed E-state index contributed by atoms with van der Waals surface area (Å²) in [5.74, 6) is -2.09. The van der Waals surface area contributed by atoms with E-state index in [9.17, 15) is 22.8 Å². The summed E-state index contributed by atoms with van der Waals surface area (Å²) in [6.45, 7) is 0. The van der Waals surface area contributed by atoms with Crippen LogP contribution in [0.4, 0.5) is 19.0 Å². The van der Waals surface area contributed by atoms with Gasteiger partial charge in [-0.25, -0.2) is 9.48 Å². The highest BCUT2D eigenvalue weighted by Crippen LogP contribution is 2.22. The molecule has 0 radical (unpaired) electrons. The Morgan fingerprint density at radius 3 is 2.70 bits per heavy atom. The Kier molecular flexibility index (Phi) is 5.69. The van der Waals surface area contributed by atoms with Gasteiger partial charge in [0, 0.05) is 5.56 Å². The fourth-order valence-corrected chi connectivity index (χ4v) is 2.24. The molecule has 0 fully saturated rings. The predicted octanol–water partition coefficient (Wildman–Crippen LogP) is 1.55. The van der Waals surface area contributed by atoms with E-state index in [4.69, 9.17) is 11.0 Å². The van der Waals surface area contributed by atoms with Crippen molar-refractivity contribution in [2.45, 2.75) is 18.6 Å². The number of nitriles is 1. The molecule has 0 saturated carbocycles. The van der Waals surface area contributed by atoms with Gasteiger partial charge in [-0.15, -0.1) is 0 Å². The number of hydrogen-bond donors (Lipinski definition) is 2. The maximum absolute atomic E-state index is 12.6. The number of nitrogens with zero attached hydrogens (tertiary/aromatic N) is 3. The van der Waals surface area contributed by atoms with Gasteiger partial charge in [0.25, 0.3) is 5.91 Å². The second-order valence-corrected chi connectivity index (χ2v) is 5.39. The molecular weight excluding hydrogens is 367 g/mol. The largest absolute Gasteiger partial charge is 0.467 e. The monoisotopic (exact) mass is 381 g/mol. The van der Waals surface area contributed by atoms with Crippen LogP contribution >= 0.6 is 0 Å². The van der Waals surface area contributed by atoms with Crippen LogP contribution < -0.4 is 11.1 Å². The van der Waals surface area contributed by atoms with Gasteiger partial charge in [-0.1, -0.05) is 6.07 Å². The maximum atomic E-state index is 12.6. The molecule has 0 aliphatic heterocycles. The molecule has 1 aromatic carbocycles. The Labute approximate surface area is 151 Å². The summed E-state index contributed by atoms with van der Waals surface area (Å²) in [4.78, 5) is 23.8. The molecule has 0 bridgehead atoms. The zero-order valence-electron chi connectivity index (χ0n) is 13.9. The van der Waals surface area contributed by atoms with Crippen LogP contribution in [0.15, 0.2) is 30.5 Å². The molecule has 3 N–H and O–H groups in total. The third-order valence-corrected chi connectivity index (χ3v) is 3.51. The summed E-state index contributed by atoms with van der Waals surface area (Å²) in [7, 11) is 0.922. The van der Waals surface area contributed by atoms with E-state index >= 15 is 0 Å². The summed E-state index contributed by atoms with van der Waals surface area (Å²) in [6.07, 6.45) is -5.01. The number of methoxy groups -OCH3 is 1. The first kappa shape index (κ1) is 19.8. The Balaban J connectivity index is 2.27. The van der Waals surface area contributed by atoms with Crippen LogP contribution in [0.3, 0.4) is 0 Å². The van der Waals surface area contributed by atoms with Gasteiger partial charge < -0.3 is 15.8 Å². The van der Waals surface area contributed by atoms with Crippen molar-refractivity contribution in [2.24, 2.45) is 0 Å². The summed E-state index contributed by atoms with van der Waals surface area (Å²) in [5.41, 5.74) is 6.18. The number of benzene rings is 1. The van der Waals surface area contributed by atoms with Gasteiger partial charge in [-0.2, -0.15) is 23.5 Å². The van der Waals surface area contributed by atoms with E-state index in [1.54, 1.807) is 0 Å². The van der Waals surface area contributed by atoms with Crippen LogP contribution in [0.5, 0.6) is 0 Å². The van der Waals surface area contributed by atoms with Crippen molar-refractivity contribution in [3.63, 3.8) is 0 Å². The summed E-state index contributed by atoms with van der Waals surface area (Å²) < 4.78 is 43.3. The highest BCUT2D eigenvalue weighted by atomic mass is 19.4. The fourth-order valence-electron chi connectivity index (χ4n) is 2.24. The number of carbonyl (C=O) groups is 2. The molecule has 2 aromatic rings. The number of esters is 1. The third-order valence-electron chi connectivity index (χ3n) is 3.51. The van der Waals surface area contributed by atoms with Gasteiger partial charge >= 0.3 is 12.1 Å². The molecule has 0 saturated heterocycles. The first-order valence-corrected chi connectivity index (χ1v) is 7.45. The van der Waals surface area contributed by atoms with Crippen molar-refractivity contribution in [2.75, 3.05) is 12.8 Å². The average molecular weight is 381 g/mol. The number of aromatic nitrogens is 2. The lowest BCUT2D eigenvalue weighted by molar-refractivity contribution is -0.160. The van der Waals surface area contributed by atoms with Crippen molar-refractivity contribution in [1.82, 2.24) is 15.1 Å². The van der Waals surface area contributed by atoms with Crippen molar-refractivity contribution < 1.29 is 27.5 Å².